The molecule has 2 aliphatic rings. The molecule has 4 aromatic rings. The zero-order valence-corrected chi connectivity index (χ0v) is 16.1. The average molecular weight is 382 g/mol. The number of ether oxygens (including phenoxy) is 3. The highest BCUT2D eigenvalue weighted by molar-refractivity contribution is 5.93. The Kier molecular flexibility index (Phi) is 4.03. The Morgan fingerprint density at radius 2 is 1.07 bits per heavy atom. The van der Waals surface area contributed by atoms with Crippen molar-refractivity contribution < 1.29 is 14.2 Å². The van der Waals surface area contributed by atoms with Gasteiger partial charge in [0.05, 0.1) is 25.4 Å². The second-order valence-corrected chi connectivity index (χ2v) is 7.97. The molecule has 2 atom stereocenters. The number of benzene rings is 4. The molecule has 2 heterocycles. The summed E-state index contributed by atoms with van der Waals surface area (Å²) < 4.78 is 17.8. The normalized spacial score (nSPS) is 20.1. The van der Waals surface area contributed by atoms with Gasteiger partial charge in [-0.05, 0) is 21.9 Å². The molecule has 0 N–H and O–H groups in total. The van der Waals surface area contributed by atoms with Crippen LogP contribution in [0.2, 0.25) is 0 Å². The van der Waals surface area contributed by atoms with Crippen LogP contribution in [0.5, 0.6) is 11.5 Å². The van der Waals surface area contributed by atoms with Crippen LogP contribution in [0.4, 0.5) is 0 Å². The first-order valence-electron chi connectivity index (χ1n) is 10.3. The fourth-order valence-electron chi connectivity index (χ4n) is 4.10. The lowest BCUT2D eigenvalue weighted by atomic mass is 10.00. The van der Waals surface area contributed by atoms with Crippen LogP contribution in [0, 0.1) is 0 Å². The first-order valence-corrected chi connectivity index (χ1v) is 10.3. The van der Waals surface area contributed by atoms with E-state index in [9.17, 15) is 0 Å². The third-order valence-electron chi connectivity index (χ3n) is 5.83. The maximum Gasteiger partial charge on any atom is 0.138 e. The Labute approximate surface area is 169 Å². The monoisotopic (exact) mass is 382 g/mol. The van der Waals surface area contributed by atoms with Crippen LogP contribution in [0.3, 0.4) is 0 Å². The van der Waals surface area contributed by atoms with Crippen molar-refractivity contribution in [2.45, 2.75) is 25.0 Å². The molecule has 144 valence electrons. The lowest BCUT2D eigenvalue weighted by Gasteiger charge is -2.18. The van der Waals surface area contributed by atoms with E-state index in [1.807, 2.05) is 0 Å². The van der Waals surface area contributed by atoms with Crippen molar-refractivity contribution in [1.82, 2.24) is 0 Å². The molecule has 0 radical (unpaired) electrons. The fourth-order valence-corrected chi connectivity index (χ4v) is 4.10. The van der Waals surface area contributed by atoms with Crippen molar-refractivity contribution in [3.63, 3.8) is 0 Å². The Bertz CT molecular complexity index is 1110. The number of rotatable bonds is 6. The van der Waals surface area contributed by atoms with Gasteiger partial charge in [-0.2, -0.15) is 0 Å². The smallest absolute Gasteiger partial charge is 0.138 e. The van der Waals surface area contributed by atoms with Gasteiger partial charge in [0.2, 0.25) is 0 Å². The minimum Gasteiger partial charge on any atom is -0.455 e. The molecule has 0 spiro atoms. The molecular formula is C26H22O3. The maximum absolute atomic E-state index is 6.81. The summed E-state index contributed by atoms with van der Waals surface area (Å²) in [6.45, 7) is 1.68. The van der Waals surface area contributed by atoms with Gasteiger partial charge in [-0.15, -0.1) is 0 Å². The Balaban J connectivity index is 1.53. The summed E-state index contributed by atoms with van der Waals surface area (Å²) in [5.41, 5.74) is 2.40. The third-order valence-corrected chi connectivity index (χ3v) is 5.83. The van der Waals surface area contributed by atoms with E-state index >= 15 is 0 Å². The predicted octanol–water partition coefficient (Wildman–Crippen LogP) is 5.67. The Hall–Kier alpha value is -2.88. The van der Waals surface area contributed by atoms with Gasteiger partial charge in [0.1, 0.15) is 11.5 Å². The van der Waals surface area contributed by atoms with Crippen LogP contribution in [0.1, 0.15) is 11.1 Å². The molecule has 4 aromatic carbocycles. The molecule has 0 aromatic heterocycles. The number of fused-ring (bicyclic) bond motifs is 2. The van der Waals surface area contributed by atoms with E-state index in [-0.39, 0.29) is 0 Å². The molecule has 0 aliphatic carbocycles. The molecule has 0 saturated carbocycles. The van der Waals surface area contributed by atoms with Gasteiger partial charge in [0.25, 0.3) is 0 Å². The molecule has 0 amide bonds. The summed E-state index contributed by atoms with van der Waals surface area (Å²) in [7, 11) is 0. The highest BCUT2D eigenvalue weighted by Crippen LogP contribution is 2.40. The van der Waals surface area contributed by atoms with Gasteiger partial charge < -0.3 is 14.2 Å². The molecule has 2 saturated heterocycles. The van der Waals surface area contributed by atoms with Crippen molar-refractivity contribution in [3.05, 3.63) is 83.9 Å². The standard InChI is InChI=1S/C26H22O3/c1-3-7-23-17(5-1)9-11-19(13-21-15-27-21)25(23)29-26-20(14-22-16-28-22)12-10-18-6-2-4-8-24(18)26/h1-12,21-22H,13-16H2. The van der Waals surface area contributed by atoms with Crippen molar-refractivity contribution in [2.75, 3.05) is 13.2 Å². The van der Waals surface area contributed by atoms with Gasteiger partial charge in [0, 0.05) is 23.6 Å². The zero-order valence-electron chi connectivity index (χ0n) is 16.1. The van der Waals surface area contributed by atoms with Gasteiger partial charge in [0.15, 0.2) is 0 Å². The zero-order chi connectivity index (χ0) is 19.2. The van der Waals surface area contributed by atoms with E-state index in [0.717, 1.165) is 48.3 Å². The second kappa shape index (κ2) is 6.87. The Morgan fingerprint density at radius 3 is 1.52 bits per heavy atom. The number of hydrogen-bond acceptors (Lipinski definition) is 3. The summed E-state index contributed by atoms with van der Waals surface area (Å²) in [4.78, 5) is 0. The van der Waals surface area contributed by atoms with E-state index in [0.29, 0.717) is 12.2 Å². The lowest BCUT2D eigenvalue weighted by molar-refractivity contribution is 0.400. The first kappa shape index (κ1) is 17.0. The van der Waals surface area contributed by atoms with E-state index in [1.165, 1.54) is 21.9 Å². The first-order chi connectivity index (χ1) is 14.3. The summed E-state index contributed by atoms with van der Waals surface area (Å²) in [5.74, 6) is 1.90. The minimum atomic E-state index is 0.311. The van der Waals surface area contributed by atoms with Crippen LogP contribution >= 0.6 is 0 Å². The fraction of sp³-hybridized carbons (Fsp3) is 0.231. The molecule has 3 heteroatoms. The van der Waals surface area contributed by atoms with E-state index < -0.39 is 0 Å². The quantitative estimate of drug-likeness (QED) is 0.403. The average Bonchev–Trinajstić information content (AvgIpc) is 3.68. The van der Waals surface area contributed by atoms with Crippen molar-refractivity contribution in [1.29, 1.82) is 0 Å². The second-order valence-electron chi connectivity index (χ2n) is 7.97. The van der Waals surface area contributed by atoms with E-state index in [1.54, 1.807) is 0 Å². The summed E-state index contributed by atoms with van der Waals surface area (Å²) in [5, 5.41) is 4.67. The van der Waals surface area contributed by atoms with Gasteiger partial charge in [-0.25, -0.2) is 0 Å². The van der Waals surface area contributed by atoms with Crippen LogP contribution in [-0.4, -0.2) is 25.4 Å². The molecule has 3 nitrogen and oxygen atoms in total. The van der Waals surface area contributed by atoms with Gasteiger partial charge in [-0.3, -0.25) is 0 Å². The van der Waals surface area contributed by atoms with E-state index in [2.05, 4.69) is 72.8 Å². The lowest BCUT2D eigenvalue weighted by Crippen LogP contribution is -2.02. The SMILES string of the molecule is c1ccc2c(Oc3c(CC4CO4)ccc4ccccc34)c(CC3CO3)ccc2c1. The van der Waals surface area contributed by atoms with Gasteiger partial charge in [-0.1, -0.05) is 72.8 Å². The molecule has 6 rings (SSSR count). The number of hydrogen-bond donors (Lipinski definition) is 0. The molecule has 2 aliphatic heterocycles. The van der Waals surface area contributed by atoms with Crippen LogP contribution in [-0.2, 0) is 22.3 Å². The topological polar surface area (TPSA) is 34.3 Å². The predicted molar refractivity (Wildman–Crippen MR) is 115 cm³/mol. The maximum atomic E-state index is 6.81. The Morgan fingerprint density at radius 1 is 0.621 bits per heavy atom. The van der Waals surface area contributed by atoms with Crippen LogP contribution in [0.15, 0.2) is 72.8 Å². The largest absolute Gasteiger partial charge is 0.455 e. The highest BCUT2D eigenvalue weighted by Gasteiger charge is 2.27. The summed E-state index contributed by atoms with van der Waals surface area (Å²) in [6.07, 6.45) is 2.38. The molecule has 2 unspecified atom stereocenters. The van der Waals surface area contributed by atoms with Crippen LogP contribution < -0.4 is 4.74 Å². The molecule has 0 bridgehead atoms. The minimum absolute atomic E-state index is 0.311. The highest BCUT2D eigenvalue weighted by atomic mass is 16.6. The molecule has 2 fully saturated rings. The van der Waals surface area contributed by atoms with Crippen molar-refractivity contribution >= 4 is 21.5 Å². The summed E-state index contributed by atoms with van der Waals surface area (Å²) >= 11 is 0. The van der Waals surface area contributed by atoms with Crippen molar-refractivity contribution in [2.24, 2.45) is 0 Å². The van der Waals surface area contributed by atoms with Crippen LogP contribution in [0.25, 0.3) is 21.5 Å². The third kappa shape index (κ3) is 3.37. The summed E-state index contributed by atoms with van der Waals surface area (Å²) in [6, 6.07) is 25.6. The number of epoxide rings is 2. The molecular weight excluding hydrogens is 360 g/mol. The van der Waals surface area contributed by atoms with Gasteiger partial charge >= 0.3 is 0 Å². The van der Waals surface area contributed by atoms with E-state index in [4.69, 9.17) is 14.2 Å². The van der Waals surface area contributed by atoms with Crippen molar-refractivity contribution in [3.8, 4) is 11.5 Å². The molecule has 29 heavy (non-hydrogen) atoms.